The first-order valence-electron chi connectivity index (χ1n) is 20.6. The summed E-state index contributed by atoms with van der Waals surface area (Å²) in [5.74, 6) is 0. The molecule has 0 radical (unpaired) electrons. The molecule has 336 valence electrons. The SMILES string of the molecule is CC.CC.CC.CC.Cc1ccc(N=Nc2ccc(N=Nc3ccc(C=Cc4ccc(N=Nc5ccc(N=Nc6ccc(C)cc6)cc5)cc4S(=O)(=O)O)cc3)cc2)cc1.O=S(=O)=O. The van der Waals surface area contributed by atoms with E-state index in [0.717, 1.165) is 28.1 Å². The summed E-state index contributed by atoms with van der Waals surface area (Å²) in [6.45, 7) is 20.0. The van der Waals surface area contributed by atoms with Gasteiger partial charge >= 0.3 is 10.6 Å². The minimum absolute atomic E-state index is 0.254. The van der Waals surface area contributed by atoms with Crippen LogP contribution in [-0.2, 0) is 20.7 Å². The lowest BCUT2D eigenvalue weighted by Gasteiger charge is -2.04. The van der Waals surface area contributed by atoms with Crippen LogP contribution in [0.2, 0.25) is 0 Å². The lowest BCUT2D eigenvalue weighted by Crippen LogP contribution is -2.00. The van der Waals surface area contributed by atoms with Gasteiger partial charge in [0.1, 0.15) is 4.90 Å². The highest BCUT2D eigenvalue weighted by Gasteiger charge is 2.15. The van der Waals surface area contributed by atoms with Crippen molar-refractivity contribution in [3.8, 4) is 0 Å². The quantitative estimate of drug-likeness (QED) is 0.0760. The van der Waals surface area contributed by atoms with Gasteiger partial charge in [0.15, 0.2) is 0 Å². The van der Waals surface area contributed by atoms with Crippen LogP contribution in [0.1, 0.15) is 77.6 Å². The van der Waals surface area contributed by atoms with E-state index in [9.17, 15) is 13.0 Å². The zero-order valence-corrected chi connectivity index (χ0v) is 39.4. The molecule has 0 aliphatic rings. The minimum atomic E-state index is -4.56. The first-order chi connectivity index (χ1) is 30.9. The summed E-state index contributed by atoms with van der Waals surface area (Å²) in [6.07, 6.45) is 3.33. The van der Waals surface area contributed by atoms with E-state index < -0.39 is 20.7 Å². The molecule has 6 aromatic rings. The first-order valence-corrected chi connectivity index (χ1v) is 23.0. The summed E-state index contributed by atoms with van der Waals surface area (Å²) in [5.41, 5.74) is 8.33. The van der Waals surface area contributed by atoms with Crippen molar-refractivity contribution >= 4 is 78.4 Å². The zero-order valence-electron chi connectivity index (χ0n) is 37.8. The number of hydrogen-bond acceptors (Lipinski definition) is 13. The maximum Gasteiger partial charge on any atom is 0.425 e. The number of azo groups is 4. The van der Waals surface area contributed by atoms with E-state index in [1.165, 1.54) is 6.07 Å². The van der Waals surface area contributed by atoms with Crippen molar-refractivity contribution in [2.45, 2.75) is 74.1 Å². The van der Waals surface area contributed by atoms with Crippen LogP contribution >= 0.6 is 0 Å². The van der Waals surface area contributed by atoms with Crippen LogP contribution in [0.4, 0.5) is 45.5 Å². The van der Waals surface area contributed by atoms with Gasteiger partial charge in [0, 0.05) is 0 Å². The molecule has 0 bridgehead atoms. The molecule has 0 unspecified atom stereocenters. The van der Waals surface area contributed by atoms with Crippen LogP contribution in [0.15, 0.2) is 185 Å². The van der Waals surface area contributed by atoms with E-state index in [2.05, 4.69) is 40.9 Å². The molecule has 0 saturated heterocycles. The largest absolute Gasteiger partial charge is 0.425 e. The van der Waals surface area contributed by atoms with Gasteiger partial charge < -0.3 is 0 Å². The predicted molar refractivity (Wildman–Crippen MR) is 259 cm³/mol. The number of benzene rings is 6. The van der Waals surface area contributed by atoms with Gasteiger partial charge in [0.05, 0.1) is 45.5 Å². The molecule has 0 aromatic heterocycles. The van der Waals surface area contributed by atoms with Gasteiger partial charge in [-0.2, -0.15) is 49.3 Å². The van der Waals surface area contributed by atoms with Crippen molar-refractivity contribution in [1.29, 1.82) is 0 Å². The second kappa shape index (κ2) is 30.9. The molecule has 1 N–H and O–H groups in total. The highest BCUT2D eigenvalue weighted by molar-refractivity contribution is 7.86. The van der Waals surface area contributed by atoms with Crippen LogP contribution in [0.3, 0.4) is 0 Å². The second-order valence-electron chi connectivity index (χ2n) is 11.8. The van der Waals surface area contributed by atoms with Gasteiger partial charge in [0.2, 0.25) is 0 Å². The average Bonchev–Trinajstić information content (AvgIpc) is 3.32. The van der Waals surface area contributed by atoms with E-state index in [1.54, 1.807) is 60.7 Å². The van der Waals surface area contributed by atoms with Gasteiger partial charge in [-0.3, -0.25) is 4.55 Å². The fraction of sp³-hybridized carbons (Fsp3) is 0.208. The van der Waals surface area contributed by atoms with Crippen molar-refractivity contribution in [2.24, 2.45) is 40.9 Å². The maximum atomic E-state index is 12.3. The maximum absolute atomic E-state index is 12.3. The van der Waals surface area contributed by atoms with Gasteiger partial charge in [-0.25, -0.2) is 0 Å². The Balaban J connectivity index is 0.00000156. The summed E-state index contributed by atoms with van der Waals surface area (Å²) in [4.78, 5) is -0.292. The van der Waals surface area contributed by atoms with Gasteiger partial charge in [-0.05, 0) is 122 Å². The topological polar surface area (TPSA) is 204 Å². The van der Waals surface area contributed by atoms with Gasteiger partial charge in [-0.1, -0.05) is 121 Å². The Bertz CT molecular complexity index is 2650. The number of rotatable bonds is 11. The first kappa shape index (κ1) is 55.0. The molecule has 0 saturated carbocycles. The van der Waals surface area contributed by atoms with Crippen molar-refractivity contribution in [3.05, 3.63) is 162 Å². The molecule has 0 fully saturated rings. The van der Waals surface area contributed by atoms with E-state index in [4.69, 9.17) is 12.6 Å². The fourth-order valence-electron chi connectivity index (χ4n) is 4.64. The lowest BCUT2D eigenvalue weighted by molar-refractivity contribution is 0.483. The normalized spacial score (nSPS) is 10.7. The van der Waals surface area contributed by atoms with Crippen molar-refractivity contribution in [2.75, 3.05) is 0 Å². The molecule has 64 heavy (non-hydrogen) atoms. The third kappa shape index (κ3) is 21.2. The third-order valence-electron chi connectivity index (χ3n) is 7.51. The van der Waals surface area contributed by atoms with Crippen LogP contribution in [0, 0.1) is 13.8 Å². The van der Waals surface area contributed by atoms with Gasteiger partial charge in [0.25, 0.3) is 10.1 Å². The van der Waals surface area contributed by atoms with Gasteiger partial charge in [-0.15, -0.1) is 12.6 Å². The molecule has 14 nitrogen and oxygen atoms in total. The van der Waals surface area contributed by atoms with E-state index in [1.807, 2.05) is 154 Å². The predicted octanol–water partition coefficient (Wildman–Crippen LogP) is 16.5. The standard InChI is InChI=1S/C40H32N8O3S.4C2H6.O3S/c1-28-3-12-32(13-4-28)41-44-35-19-21-37(22-20-35)46-43-34-16-8-30(9-17-34)7-10-31-11-18-39(27-40(31)52(49,50)51)48-47-38-25-23-36(24-26-38)45-42-33-14-5-29(2)6-15-33;4*1-2;1-4(2)3/h3-27H,1-2H3,(H,49,50,51);4*1-2H3;. The fourth-order valence-corrected chi connectivity index (χ4v) is 5.34. The van der Waals surface area contributed by atoms with Crippen LogP contribution in [0.25, 0.3) is 12.2 Å². The van der Waals surface area contributed by atoms with Crippen LogP contribution in [-0.4, -0.2) is 25.6 Å². The Hall–Kier alpha value is -7.01. The second-order valence-corrected chi connectivity index (χ2v) is 13.6. The molecule has 0 amide bonds. The summed E-state index contributed by atoms with van der Waals surface area (Å²) in [5, 5.41) is 33.9. The highest BCUT2D eigenvalue weighted by atomic mass is 32.2. The molecule has 0 aliphatic carbocycles. The molecule has 0 spiro atoms. The Labute approximate surface area is 379 Å². The average molecular weight is 905 g/mol. The molecule has 16 heteroatoms. The smallest absolute Gasteiger partial charge is 0.282 e. The molecular weight excluding hydrogens is 849 g/mol. The monoisotopic (exact) mass is 904 g/mol. The van der Waals surface area contributed by atoms with E-state index >= 15 is 0 Å². The molecular formula is C48H56N8O6S2. The van der Waals surface area contributed by atoms with E-state index in [-0.39, 0.29) is 16.1 Å². The van der Waals surface area contributed by atoms with Crippen molar-refractivity contribution in [1.82, 2.24) is 0 Å². The van der Waals surface area contributed by atoms with Crippen LogP contribution in [0.5, 0.6) is 0 Å². The molecule has 6 aromatic carbocycles. The van der Waals surface area contributed by atoms with Crippen molar-refractivity contribution < 1.29 is 25.6 Å². The third-order valence-corrected chi connectivity index (χ3v) is 8.42. The summed E-state index contributed by atoms with van der Waals surface area (Å²) >= 11 is 0. The Morgan fingerprint density at radius 2 is 0.625 bits per heavy atom. The number of aryl methyl sites for hydroxylation is 2. The molecule has 0 aliphatic heterocycles. The Morgan fingerprint density at radius 3 is 0.906 bits per heavy atom. The Kier molecular flexibility index (Phi) is 26.6. The lowest BCUT2D eigenvalue weighted by atomic mass is 10.1. The summed E-state index contributed by atoms with van der Waals surface area (Å²) in [7, 11) is -7.67. The summed E-state index contributed by atoms with van der Waals surface area (Å²) in [6, 6.07) is 41.4. The number of nitrogens with zero attached hydrogens (tertiary/aromatic N) is 8. The zero-order chi connectivity index (χ0) is 47.9. The molecule has 0 heterocycles. The minimum Gasteiger partial charge on any atom is -0.282 e. The Morgan fingerprint density at radius 1 is 0.391 bits per heavy atom. The van der Waals surface area contributed by atoms with Crippen molar-refractivity contribution in [3.63, 3.8) is 0 Å². The number of hydrogen-bond donors (Lipinski definition) is 1. The molecule has 6 rings (SSSR count). The van der Waals surface area contributed by atoms with Crippen LogP contribution < -0.4 is 0 Å². The summed E-state index contributed by atoms with van der Waals surface area (Å²) < 4.78 is 59.8. The molecule has 0 atom stereocenters. The highest BCUT2D eigenvalue weighted by Crippen LogP contribution is 2.28. The van der Waals surface area contributed by atoms with E-state index in [0.29, 0.717) is 28.4 Å².